The Morgan fingerprint density at radius 3 is 2.75 bits per heavy atom. The first-order chi connectivity index (χ1) is 9.47. The number of aliphatic carboxylic acids is 1. The molecule has 1 fully saturated rings. The van der Waals surface area contributed by atoms with E-state index in [9.17, 15) is 9.59 Å². The number of hydrogen-bond donors (Lipinski definition) is 2. The molecule has 0 aromatic heterocycles. The molecule has 2 amide bonds. The molecule has 2 N–H and O–H groups in total. The third-order valence-corrected chi connectivity index (χ3v) is 4.13. The van der Waals surface area contributed by atoms with E-state index < -0.39 is 12.0 Å². The minimum absolute atomic E-state index is 0.255. The van der Waals surface area contributed by atoms with E-state index in [0.717, 1.165) is 25.8 Å². The molecular formula is C14H27N3O3. The number of urea groups is 1. The second kappa shape index (κ2) is 8.09. The van der Waals surface area contributed by atoms with Crippen LogP contribution in [0, 0.1) is 0 Å². The molecule has 1 heterocycles. The maximum atomic E-state index is 12.1. The van der Waals surface area contributed by atoms with Crippen LogP contribution in [0.3, 0.4) is 0 Å². The number of carbonyl (C=O) groups excluding carboxylic acids is 1. The predicted octanol–water partition coefficient (Wildman–Crippen LogP) is 1.37. The van der Waals surface area contributed by atoms with Gasteiger partial charge in [-0.15, -0.1) is 0 Å². The van der Waals surface area contributed by atoms with Gasteiger partial charge in [0.15, 0.2) is 0 Å². The Labute approximate surface area is 121 Å². The highest BCUT2D eigenvalue weighted by molar-refractivity contribution is 5.82. The molecule has 2 unspecified atom stereocenters. The molecule has 1 aliphatic heterocycles. The first kappa shape index (κ1) is 16.8. The van der Waals surface area contributed by atoms with Crippen molar-refractivity contribution in [2.45, 2.75) is 51.6 Å². The number of likely N-dealkylation sites (tertiary alicyclic amines) is 1. The Kier molecular flexibility index (Phi) is 6.78. The number of nitrogens with one attached hydrogen (secondary N) is 1. The van der Waals surface area contributed by atoms with Crippen LogP contribution in [0.4, 0.5) is 4.79 Å². The highest BCUT2D eigenvalue weighted by atomic mass is 16.4. The standard InChI is InChI=1S/C14H27N3O3/c1-4-11(2)16(3)10-8-15-14(20)17-9-6-5-7-12(17)13(18)19/h11-12H,4-10H2,1-3H3,(H,15,20)(H,18,19). The SMILES string of the molecule is CCC(C)N(C)CCNC(=O)N1CCCCC1C(=O)O. The summed E-state index contributed by atoms with van der Waals surface area (Å²) in [4.78, 5) is 26.9. The third-order valence-electron chi connectivity index (χ3n) is 4.13. The lowest BCUT2D eigenvalue weighted by Crippen LogP contribution is -2.52. The van der Waals surface area contributed by atoms with Crippen molar-refractivity contribution in [3.63, 3.8) is 0 Å². The Morgan fingerprint density at radius 1 is 1.45 bits per heavy atom. The molecule has 0 aromatic rings. The van der Waals surface area contributed by atoms with Gasteiger partial charge in [-0.3, -0.25) is 0 Å². The van der Waals surface area contributed by atoms with Crippen LogP contribution in [0.25, 0.3) is 0 Å². The molecule has 0 aliphatic carbocycles. The summed E-state index contributed by atoms with van der Waals surface area (Å²) in [5.74, 6) is -0.906. The molecule has 0 aromatic carbocycles. The summed E-state index contributed by atoms with van der Waals surface area (Å²) in [7, 11) is 2.03. The summed E-state index contributed by atoms with van der Waals surface area (Å²) >= 11 is 0. The molecule has 6 heteroatoms. The first-order valence-electron chi connectivity index (χ1n) is 7.44. The van der Waals surface area contributed by atoms with E-state index in [1.165, 1.54) is 4.90 Å². The quantitative estimate of drug-likeness (QED) is 0.773. The maximum absolute atomic E-state index is 12.1. The highest BCUT2D eigenvalue weighted by Gasteiger charge is 2.31. The van der Waals surface area contributed by atoms with E-state index in [4.69, 9.17) is 5.11 Å². The molecule has 0 spiro atoms. The molecule has 1 aliphatic rings. The van der Waals surface area contributed by atoms with Gasteiger partial charge in [0.1, 0.15) is 6.04 Å². The van der Waals surface area contributed by atoms with Crippen LogP contribution >= 0.6 is 0 Å². The van der Waals surface area contributed by atoms with Crippen LogP contribution in [0.2, 0.25) is 0 Å². The summed E-state index contributed by atoms with van der Waals surface area (Å²) in [5.41, 5.74) is 0. The third kappa shape index (κ3) is 4.67. The van der Waals surface area contributed by atoms with Crippen molar-refractivity contribution >= 4 is 12.0 Å². The zero-order chi connectivity index (χ0) is 15.1. The van der Waals surface area contributed by atoms with Crippen LogP contribution in [0.15, 0.2) is 0 Å². The van der Waals surface area contributed by atoms with E-state index in [0.29, 0.717) is 25.6 Å². The topological polar surface area (TPSA) is 72.9 Å². The number of amides is 2. The van der Waals surface area contributed by atoms with Crippen molar-refractivity contribution < 1.29 is 14.7 Å². The number of likely N-dealkylation sites (N-methyl/N-ethyl adjacent to an activating group) is 1. The number of carbonyl (C=O) groups is 2. The number of carboxylic acid groups (broad SMARTS) is 1. The molecule has 116 valence electrons. The van der Waals surface area contributed by atoms with E-state index in [1.54, 1.807) is 0 Å². The zero-order valence-corrected chi connectivity index (χ0v) is 12.8. The fraction of sp³-hybridized carbons (Fsp3) is 0.857. The van der Waals surface area contributed by atoms with Gasteiger partial charge in [-0.25, -0.2) is 9.59 Å². The van der Waals surface area contributed by atoms with Crippen LogP contribution < -0.4 is 5.32 Å². The second-order valence-electron chi connectivity index (χ2n) is 5.51. The Morgan fingerprint density at radius 2 is 2.15 bits per heavy atom. The molecular weight excluding hydrogens is 258 g/mol. The van der Waals surface area contributed by atoms with Gasteiger partial charge in [0.05, 0.1) is 0 Å². The Bertz CT molecular complexity index is 336. The van der Waals surface area contributed by atoms with Crippen molar-refractivity contribution in [2.75, 3.05) is 26.7 Å². The van der Waals surface area contributed by atoms with Crippen molar-refractivity contribution in [1.82, 2.24) is 15.1 Å². The van der Waals surface area contributed by atoms with E-state index in [-0.39, 0.29) is 6.03 Å². The highest BCUT2D eigenvalue weighted by Crippen LogP contribution is 2.17. The molecule has 1 rings (SSSR count). The molecule has 0 radical (unpaired) electrons. The van der Waals surface area contributed by atoms with Gasteiger partial charge in [0.2, 0.25) is 0 Å². The van der Waals surface area contributed by atoms with Gasteiger partial charge in [-0.2, -0.15) is 0 Å². The van der Waals surface area contributed by atoms with Gasteiger partial charge in [0, 0.05) is 25.7 Å². The fourth-order valence-electron chi connectivity index (χ4n) is 2.40. The average Bonchev–Trinajstić information content (AvgIpc) is 2.45. The van der Waals surface area contributed by atoms with Crippen LogP contribution in [0.1, 0.15) is 39.5 Å². The van der Waals surface area contributed by atoms with Gasteiger partial charge in [-0.1, -0.05) is 6.92 Å². The van der Waals surface area contributed by atoms with Crippen LogP contribution in [0.5, 0.6) is 0 Å². The summed E-state index contributed by atoms with van der Waals surface area (Å²) in [6, 6.07) is -0.445. The monoisotopic (exact) mass is 285 g/mol. The summed E-state index contributed by atoms with van der Waals surface area (Å²) in [6.07, 6.45) is 3.37. The normalized spacial score (nSPS) is 20.8. The maximum Gasteiger partial charge on any atom is 0.326 e. The van der Waals surface area contributed by atoms with Gasteiger partial charge >= 0.3 is 12.0 Å². The number of nitrogens with zero attached hydrogens (tertiary/aromatic N) is 2. The predicted molar refractivity (Wildman–Crippen MR) is 77.8 cm³/mol. The van der Waals surface area contributed by atoms with E-state index in [2.05, 4.69) is 24.1 Å². The number of hydrogen-bond acceptors (Lipinski definition) is 3. The number of rotatable bonds is 6. The average molecular weight is 285 g/mol. The van der Waals surface area contributed by atoms with Gasteiger partial charge < -0.3 is 20.2 Å². The molecule has 0 saturated carbocycles. The smallest absolute Gasteiger partial charge is 0.326 e. The van der Waals surface area contributed by atoms with E-state index >= 15 is 0 Å². The summed E-state index contributed by atoms with van der Waals surface area (Å²) in [6.45, 7) is 6.12. The van der Waals surface area contributed by atoms with Crippen LogP contribution in [-0.2, 0) is 4.79 Å². The molecule has 6 nitrogen and oxygen atoms in total. The summed E-state index contributed by atoms with van der Waals surface area (Å²) in [5, 5.41) is 12.0. The lowest BCUT2D eigenvalue weighted by Gasteiger charge is -2.33. The van der Waals surface area contributed by atoms with Crippen molar-refractivity contribution in [1.29, 1.82) is 0 Å². The zero-order valence-electron chi connectivity index (χ0n) is 12.8. The van der Waals surface area contributed by atoms with Gasteiger partial charge in [-0.05, 0) is 39.7 Å². The minimum Gasteiger partial charge on any atom is -0.480 e. The van der Waals surface area contributed by atoms with Crippen molar-refractivity contribution in [3.8, 4) is 0 Å². The second-order valence-corrected chi connectivity index (χ2v) is 5.51. The minimum atomic E-state index is -0.906. The largest absolute Gasteiger partial charge is 0.480 e. The summed E-state index contributed by atoms with van der Waals surface area (Å²) < 4.78 is 0. The lowest BCUT2D eigenvalue weighted by atomic mass is 10.0. The molecule has 2 atom stereocenters. The molecule has 1 saturated heterocycles. The number of piperidine rings is 1. The van der Waals surface area contributed by atoms with Gasteiger partial charge in [0.25, 0.3) is 0 Å². The van der Waals surface area contributed by atoms with Crippen molar-refractivity contribution in [3.05, 3.63) is 0 Å². The Hall–Kier alpha value is -1.30. The van der Waals surface area contributed by atoms with Crippen molar-refractivity contribution in [2.24, 2.45) is 0 Å². The molecule has 0 bridgehead atoms. The molecule has 20 heavy (non-hydrogen) atoms. The van der Waals surface area contributed by atoms with Crippen LogP contribution in [-0.4, -0.2) is 65.7 Å². The van der Waals surface area contributed by atoms with E-state index in [1.807, 2.05) is 7.05 Å². The lowest BCUT2D eigenvalue weighted by molar-refractivity contribution is -0.143. The number of carboxylic acids is 1. The Balaban J connectivity index is 2.39. The first-order valence-corrected chi connectivity index (χ1v) is 7.44. The fourth-order valence-corrected chi connectivity index (χ4v) is 2.40.